The fourth-order valence-electron chi connectivity index (χ4n) is 2.89. The van der Waals surface area contributed by atoms with Gasteiger partial charge in [0.1, 0.15) is 0 Å². The summed E-state index contributed by atoms with van der Waals surface area (Å²) in [6, 6.07) is 12.7. The number of rotatable bonds is 6. The van der Waals surface area contributed by atoms with Gasteiger partial charge in [0.05, 0.1) is 5.92 Å². The van der Waals surface area contributed by atoms with Crippen LogP contribution in [-0.2, 0) is 16.0 Å². The van der Waals surface area contributed by atoms with Gasteiger partial charge >= 0.3 is 5.97 Å². The Bertz CT molecular complexity index is 751. The van der Waals surface area contributed by atoms with E-state index in [1.807, 2.05) is 32.0 Å². The molecule has 0 saturated heterocycles. The summed E-state index contributed by atoms with van der Waals surface area (Å²) in [5.74, 6) is -2.76. The lowest BCUT2D eigenvalue weighted by Crippen LogP contribution is -2.33. The number of hydrogen-bond donors (Lipinski definition) is 2. The van der Waals surface area contributed by atoms with Crippen molar-refractivity contribution in [3.8, 4) is 0 Å². The van der Waals surface area contributed by atoms with E-state index in [-0.39, 0.29) is 5.91 Å². The van der Waals surface area contributed by atoms with Gasteiger partial charge in [0.2, 0.25) is 5.91 Å². The van der Waals surface area contributed by atoms with Crippen molar-refractivity contribution in [1.29, 1.82) is 0 Å². The lowest BCUT2D eigenvalue weighted by Gasteiger charge is -2.20. The summed E-state index contributed by atoms with van der Waals surface area (Å²) < 4.78 is 0. The highest BCUT2D eigenvalue weighted by Gasteiger charge is 2.30. The van der Waals surface area contributed by atoms with Crippen LogP contribution in [0.25, 0.3) is 0 Å². The molecule has 5 heteroatoms. The summed E-state index contributed by atoms with van der Waals surface area (Å²) in [5.41, 5.74) is 3.68. The molecule has 0 saturated carbocycles. The Labute approximate surface area is 152 Å². The Kier molecular flexibility index (Phi) is 6.21. The first kappa shape index (κ1) is 19.0. The van der Waals surface area contributed by atoms with Crippen LogP contribution in [0, 0.1) is 25.7 Å². The second-order valence-corrected chi connectivity index (χ2v) is 6.87. The maximum absolute atomic E-state index is 12.5. The molecule has 0 spiro atoms. The molecule has 0 heterocycles. The van der Waals surface area contributed by atoms with Crippen molar-refractivity contribution in [1.82, 2.24) is 0 Å². The molecule has 25 heavy (non-hydrogen) atoms. The molecule has 2 rings (SSSR count). The van der Waals surface area contributed by atoms with Gasteiger partial charge in [-0.25, -0.2) is 0 Å². The lowest BCUT2D eigenvalue weighted by molar-refractivity contribution is -0.145. The van der Waals surface area contributed by atoms with Gasteiger partial charge in [-0.05, 0) is 50.1 Å². The second-order valence-electron chi connectivity index (χ2n) is 6.43. The fraction of sp³-hybridized carbons (Fsp3) is 0.300. The number of carbonyl (C=O) groups excluding carboxylic acids is 1. The van der Waals surface area contributed by atoms with E-state index in [1.165, 1.54) is 0 Å². The Morgan fingerprint density at radius 2 is 1.64 bits per heavy atom. The SMILES string of the molecule is Cc1cc(C)cc(C[C@@H](C(=O)O)[C@@H](C)C(=O)Nc2ccc(Cl)cc2)c1. The molecule has 0 aliphatic rings. The first-order valence-electron chi connectivity index (χ1n) is 8.12. The van der Waals surface area contributed by atoms with Crippen molar-refractivity contribution >= 4 is 29.2 Å². The van der Waals surface area contributed by atoms with E-state index in [4.69, 9.17) is 11.6 Å². The zero-order valence-corrected chi connectivity index (χ0v) is 15.3. The highest BCUT2D eigenvalue weighted by atomic mass is 35.5. The molecule has 2 aromatic rings. The summed E-state index contributed by atoms with van der Waals surface area (Å²) in [6.45, 7) is 5.60. The molecule has 0 aliphatic carbocycles. The van der Waals surface area contributed by atoms with Crippen LogP contribution in [0.15, 0.2) is 42.5 Å². The second kappa shape index (κ2) is 8.17. The van der Waals surface area contributed by atoms with E-state index in [2.05, 4.69) is 5.32 Å². The first-order chi connectivity index (χ1) is 11.8. The van der Waals surface area contributed by atoms with Crippen LogP contribution in [0.1, 0.15) is 23.6 Å². The number of carboxylic acids is 1. The molecular weight excluding hydrogens is 338 g/mol. The van der Waals surface area contributed by atoms with Crippen molar-refractivity contribution < 1.29 is 14.7 Å². The molecular formula is C20H22ClNO3. The highest BCUT2D eigenvalue weighted by Crippen LogP contribution is 2.22. The van der Waals surface area contributed by atoms with Crippen molar-refractivity contribution in [2.45, 2.75) is 27.2 Å². The van der Waals surface area contributed by atoms with Crippen LogP contribution >= 0.6 is 11.6 Å². The van der Waals surface area contributed by atoms with E-state index in [9.17, 15) is 14.7 Å². The molecule has 132 valence electrons. The summed E-state index contributed by atoms with van der Waals surface area (Å²) >= 11 is 5.83. The van der Waals surface area contributed by atoms with Gasteiger partial charge in [0.25, 0.3) is 0 Å². The van der Waals surface area contributed by atoms with E-state index >= 15 is 0 Å². The monoisotopic (exact) mass is 359 g/mol. The number of carboxylic acid groups (broad SMARTS) is 1. The van der Waals surface area contributed by atoms with Gasteiger partial charge in [0.15, 0.2) is 0 Å². The van der Waals surface area contributed by atoms with Crippen molar-refractivity contribution in [2.75, 3.05) is 5.32 Å². The first-order valence-corrected chi connectivity index (χ1v) is 8.50. The topological polar surface area (TPSA) is 66.4 Å². The maximum Gasteiger partial charge on any atom is 0.307 e. The predicted octanol–water partition coefficient (Wildman–Crippen LogP) is 4.47. The maximum atomic E-state index is 12.5. The molecule has 0 radical (unpaired) electrons. The molecule has 4 nitrogen and oxygen atoms in total. The van der Waals surface area contributed by atoms with Crippen LogP contribution in [0.4, 0.5) is 5.69 Å². The molecule has 2 atom stereocenters. The number of aliphatic carboxylic acids is 1. The van der Waals surface area contributed by atoms with E-state index in [1.54, 1.807) is 31.2 Å². The van der Waals surface area contributed by atoms with Crippen LogP contribution in [0.2, 0.25) is 5.02 Å². The summed E-state index contributed by atoms with van der Waals surface area (Å²) in [4.78, 5) is 24.2. The summed E-state index contributed by atoms with van der Waals surface area (Å²) in [5, 5.41) is 12.9. The number of hydrogen-bond acceptors (Lipinski definition) is 2. The normalized spacial score (nSPS) is 13.1. The third-order valence-corrected chi connectivity index (χ3v) is 4.44. The third kappa shape index (κ3) is 5.33. The Morgan fingerprint density at radius 3 is 2.16 bits per heavy atom. The Hall–Kier alpha value is -2.33. The average molecular weight is 360 g/mol. The highest BCUT2D eigenvalue weighted by molar-refractivity contribution is 6.30. The smallest absolute Gasteiger partial charge is 0.307 e. The molecule has 0 bridgehead atoms. The number of nitrogens with one attached hydrogen (secondary N) is 1. The molecule has 0 aliphatic heterocycles. The van der Waals surface area contributed by atoms with Crippen LogP contribution in [0.5, 0.6) is 0 Å². The zero-order chi connectivity index (χ0) is 18.6. The predicted molar refractivity (Wildman–Crippen MR) is 100.0 cm³/mol. The molecule has 2 N–H and O–H groups in total. The minimum atomic E-state index is -0.974. The molecule has 2 aromatic carbocycles. The molecule has 0 aromatic heterocycles. The van der Waals surface area contributed by atoms with Crippen LogP contribution < -0.4 is 5.32 Å². The van der Waals surface area contributed by atoms with Crippen molar-refractivity contribution in [3.63, 3.8) is 0 Å². The van der Waals surface area contributed by atoms with Crippen LogP contribution in [-0.4, -0.2) is 17.0 Å². The number of aryl methyl sites for hydroxylation is 2. The number of anilines is 1. The average Bonchev–Trinajstić information content (AvgIpc) is 2.53. The summed E-state index contributed by atoms with van der Waals surface area (Å²) in [6.07, 6.45) is 0.313. The largest absolute Gasteiger partial charge is 0.481 e. The minimum absolute atomic E-state index is 0.313. The molecule has 0 unspecified atom stereocenters. The zero-order valence-electron chi connectivity index (χ0n) is 14.5. The number of carbonyl (C=O) groups is 2. The van der Waals surface area contributed by atoms with Gasteiger partial charge in [0, 0.05) is 16.6 Å². The lowest BCUT2D eigenvalue weighted by atomic mass is 9.86. The van der Waals surface area contributed by atoms with Crippen molar-refractivity contribution in [2.24, 2.45) is 11.8 Å². The standard InChI is InChI=1S/C20H22ClNO3/c1-12-8-13(2)10-15(9-12)11-18(20(24)25)14(3)19(23)22-17-6-4-16(21)5-7-17/h4-10,14,18H,11H2,1-3H3,(H,22,23)(H,24,25)/t14-,18-/m1/s1. The molecule has 1 amide bonds. The summed E-state index contributed by atoms with van der Waals surface area (Å²) in [7, 11) is 0. The Balaban J connectivity index is 2.13. The minimum Gasteiger partial charge on any atom is -0.481 e. The van der Waals surface area contributed by atoms with Gasteiger partial charge in [-0.2, -0.15) is 0 Å². The molecule has 0 fully saturated rings. The quantitative estimate of drug-likeness (QED) is 0.799. The number of halogens is 1. The van der Waals surface area contributed by atoms with Crippen LogP contribution in [0.3, 0.4) is 0 Å². The van der Waals surface area contributed by atoms with Gasteiger partial charge < -0.3 is 10.4 Å². The fourth-order valence-corrected chi connectivity index (χ4v) is 3.02. The number of benzene rings is 2. The van der Waals surface area contributed by atoms with Crippen molar-refractivity contribution in [3.05, 3.63) is 64.2 Å². The van der Waals surface area contributed by atoms with Gasteiger partial charge in [-0.3, -0.25) is 9.59 Å². The van der Waals surface area contributed by atoms with E-state index in [0.29, 0.717) is 17.1 Å². The third-order valence-electron chi connectivity index (χ3n) is 4.18. The Morgan fingerprint density at radius 1 is 1.08 bits per heavy atom. The van der Waals surface area contributed by atoms with E-state index < -0.39 is 17.8 Å². The number of amides is 1. The van der Waals surface area contributed by atoms with Gasteiger partial charge in [-0.15, -0.1) is 0 Å². The van der Waals surface area contributed by atoms with E-state index in [0.717, 1.165) is 16.7 Å². The van der Waals surface area contributed by atoms with Gasteiger partial charge in [-0.1, -0.05) is 47.9 Å².